The van der Waals surface area contributed by atoms with Gasteiger partial charge in [-0.15, -0.1) is 0 Å². The van der Waals surface area contributed by atoms with Gasteiger partial charge in [-0.25, -0.2) is 9.78 Å². The molecule has 0 radical (unpaired) electrons. The Hall–Kier alpha value is -1.88. The molecule has 0 spiro atoms. The number of benzene rings is 1. The molecule has 1 fully saturated rings. The number of fused-ring (bicyclic) bond motifs is 1. The average Bonchev–Trinajstić information content (AvgIpc) is 2.63. The molecule has 19 heavy (non-hydrogen) atoms. The fourth-order valence-electron chi connectivity index (χ4n) is 2.77. The van der Waals surface area contributed by atoms with Gasteiger partial charge < -0.3 is 14.8 Å². The molecule has 1 aliphatic rings. The first-order chi connectivity index (χ1) is 9.06. The Morgan fingerprint density at radius 2 is 2.21 bits per heavy atom. The van der Waals surface area contributed by atoms with Gasteiger partial charge in [0.05, 0.1) is 17.2 Å². The van der Waals surface area contributed by atoms with Crippen molar-refractivity contribution in [2.75, 3.05) is 0 Å². The lowest BCUT2D eigenvalue weighted by molar-refractivity contribution is 0.0354. The maximum absolute atomic E-state index is 11.2. The lowest BCUT2D eigenvalue weighted by Gasteiger charge is -2.32. The van der Waals surface area contributed by atoms with Gasteiger partial charge in [0.25, 0.3) is 0 Å². The molecule has 0 saturated heterocycles. The average molecular weight is 260 g/mol. The number of aromatic nitrogens is 2. The van der Waals surface area contributed by atoms with Crippen molar-refractivity contribution in [2.45, 2.75) is 32.4 Å². The molecule has 5 heteroatoms. The van der Waals surface area contributed by atoms with E-state index in [1.807, 2.05) is 13.0 Å². The highest BCUT2D eigenvalue weighted by molar-refractivity contribution is 6.01. The van der Waals surface area contributed by atoms with Crippen LogP contribution in [-0.4, -0.2) is 31.8 Å². The number of carboxylic acids is 1. The summed E-state index contributed by atoms with van der Waals surface area (Å²) in [6.45, 7) is 2.68. The van der Waals surface area contributed by atoms with Gasteiger partial charge in [0.1, 0.15) is 11.3 Å². The first-order valence-corrected chi connectivity index (χ1v) is 6.43. The summed E-state index contributed by atoms with van der Waals surface area (Å²) in [5, 5.41) is 18.5. The van der Waals surface area contributed by atoms with Crippen LogP contribution in [0.3, 0.4) is 0 Å². The fourth-order valence-corrected chi connectivity index (χ4v) is 2.77. The molecule has 5 nitrogen and oxygen atoms in total. The minimum atomic E-state index is -0.950. The molecule has 0 aliphatic heterocycles. The highest BCUT2D eigenvalue weighted by atomic mass is 16.4. The highest BCUT2D eigenvalue weighted by Gasteiger charge is 2.28. The zero-order valence-corrected chi connectivity index (χ0v) is 10.7. The number of aliphatic hydroxyl groups excluding tert-OH is 1. The summed E-state index contributed by atoms with van der Waals surface area (Å²) in [5.74, 6) is 0.332. The van der Waals surface area contributed by atoms with Crippen LogP contribution in [0.2, 0.25) is 0 Å². The Balaban J connectivity index is 2.02. The number of rotatable bonds is 3. The van der Waals surface area contributed by atoms with E-state index in [0.717, 1.165) is 30.7 Å². The van der Waals surface area contributed by atoms with Crippen molar-refractivity contribution in [3.8, 4) is 0 Å². The van der Waals surface area contributed by atoms with Gasteiger partial charge in [-0.2, -0.15) is 0 Å². The minimum absolute atomic E-state index is 0.172. The quantitative estimate of drug-likeness (QED) is 0.882. The zero-order chi connectivity index (χ0) is 13.6. The molecular weight excluding hydrogens is 244 g/mol. The summed E-state index contributed by atoms with van der Waals surface area (Å²) in [5.41, 5.74) is 1.65. The summed E-state index contributed by atoms with van der Waals surface area (Å²) < 4.78 is 2.05. The van der Waals surface area contributed by atoms with E-state index in [2.05, 4.69) is 9.55 Å². The Morgan fingerprint density at radius 3 is 2.84 bits per heavy atom. The minimum Gasteiger partial charge on any atom is -0.478 e. The number of nitrogens with zero attached hydrogens (tertiary/aromatic N) is 2. The number of imidazole rings is 1. The van der Waals surface area contributed by atoms with Crippen molar-refractivity contribution in [3.63, 3.8) is 0 Å². The normalized spacial score (nSPS) is 22.4. The molecule has 1 aliphatic carbocycles. The van der Waals surface area contributed by atoms with Crippen molar-refractivity contribution >= 4 is 17.0 Å². The van der Waals surface area contributed by atoms with Crippen LogP contribution in [-0.2, 0) is 6.54 Å². The number of aliphatic hydroxyl groups is 1. The number of hydrogen-bond donors (Lipinski definition) is 2. The number of aryl methyl sites for hydroxylation is 1. The van der Waals surface area contributed by atoms with Crippen LogP contribution < -0.4 is 0 Å². The van der Waals surface area contributed by atoms with Gasteiger partial charge in [0.2, 0.25) is 0 Å². The first-order valence-electron chi connectivity index (χ1n) is 6.43. The van der Waals surface area contributed by atoms with E-state index in [9.17, 15) is 15.0 Å². The summed E-state index contributed by atoms with van der Waals surface area (Å²) >= 11 is 0. The molecule has 1 heterocycles. The van der Waals surface area contributed by atoms with Gasteiger partial charge in [-0.3, -0.25) is 0 Å². The second-order valence-corrected chi connectivity index (χ2v) is 5.24. The third-order valence-corrected chi connectivity index (χ3v) is 3.85. The lowest BCUT2D eigenvalue weighted by atomic mass is 9.82. The highest BCUT2D eigenvalue weighted by Crippen LogP contribution is 2.30. The van der Waals surface area contributed by atoms with E-state index < -0.39 is 5.97 Å². The standard InChI is InChI=1S/C14H16N2O3/c1-8-15-13-11(14(18)19)3-2-4-12(13)16(8)7-9-5-10(17)6-9/h2-4,9-10,17H,5-7H2,1H3,(H,18,19). The molecule has 3 rings (SSSR count). The maximum Gasteiger partial charge on any atom is 0.337 e. The van der Waals surface area contributed by atoms with Crippen LogP contribution in [0.25, 0.3) is 11.0 Å². The monoisotopic (exact) mass is 260 g/mol. The van der Waals surface area contributed by atoms with Gasteiger partial charge in [-0.1, -0.05) is 6.07 Å². The Bertz CT molecular complexity index is 641. The van der Waals surface area contributed by atoms with E-state index in [-0.39, 0.29) is 11.7 Å². The maximum atomic E-state index is 11.2. The predicted octanol–water partition coefficient (Wildman–Crippen LogP) is 1.81. The predicted molar refractivity (Wildman–Crippen MR) is 70.2 cm³/mol. The van der Waals surface area contributed by atoms with Gasteiger partial charge in [0, 0.05) is 6.54 Å². The Labute approximate surface area is 110 Å². The molecule has 2 N–H and O–H groups in total. The zero-order valence-electron chi connectivity index (χ0n) is 10.7. The lowest BCUT2D eigenvalue weighted by Crippen LogP contribution is -2.31. The van der Waals surface area contributed by atoms with Crippen molar-refractivity contribution in [2.24, 2.45) is 5.92 Å². The largest absolute Gasteiger partial charge is 0.478 e. The van der Waals surface area contributed by atoms with Crippen LogP contribution in [0.1, 0.15) is 29.0 Å². The first kappa shape index (κ1) is 12.2. The topological polar surface area (TPSA) is 75.3 Å². The SMILES string of the molecule is Cc1nc2c(C(=O)O)cccc2n1CC1CC(O)C1. The van der Waals surface area contributed by atoms with Crippen molar-refractivity contribution in [1.82, 2.24) is 9.55 Å². The van der Waals surface area contributed by atoms with E-state index in [1.54, 1.807) is 12.1 Å². The summed E-state index contributed by atoms with van der Waals surface area (Å²) in [6.07, 6.45) is 1.46. The summed E-state index contributed by atoms with van der Waals surface area (Å²) in [6, 6.07) is 5.23. The molecule has 2 aromatic rings. The van der Waals surface area contributed by atoms with Gasteiger partial charge in [0.15, 0.2) is 0 Å². The Morgan fingerprint density at radius 1 is 1.47 bits per heavy atom. The van der Waals surface area contributed by atoms with E-state index in [4.69, 9.17) is 0 Å². The Kier molecular flexibility index (Phi) is 2.78. The number of carbonyl (C=O) groups is 1. The summed E-state index contributed by atoms with van der Waals surface area (Å²) in [7, 11) is 0. The smallest absolute Gasteiger partial charge is 0.337 e. The molecule has 1 saturated carbocycles. The third kappa shape index (κ3) is 2.00. The fraction of sp³-hybridized carbons (Fsp3) is 0.429. The molecule has 0 unspecified atom stereocenters. The van der Waals surface area contributed by atoms with E-state index in [0.29, 0.717) is 11.4 Å². The van der Waals surface area contributed by atoms with Crippen molar-refractivity contribution in [1.29, 1.82) is 0 Å². The molecule has 100 valence electrons. The molecule has 1 aromatic carbocycles. The van der Waals surface area contributed by atoms with Crippen molar-refractivity contribution in [3.05, 3.63) is 29.6 Å². The van der Waals surface area contributed by atoms with Crippen LogP contribution in [0.15, 0.2) is 18.2 Å². The molecular formula is C14H16N2O3. The van der Waals surface area contributed by atoms with Gasteiger partial charge in [-0.05, 0) is 37.8 Å². The molecule has 0 atom stereocenters. The second kappa shape index (κ2) is 4.35. The molecule has 0 amide bonds. The van der Waals surface area contributed by atoms with Gasteiger partial charge >= 0.3 is 5.97 Å². The molecule has 0 bridgehead atoms. The van der Waals surface area contributed by atoms with Crippen LogP contribution in [0.4, 0.5) is 0 Å². The summed E-state index contributed by atoms with van der Waals surface area (Å²) in [4.78, 5) is 15.6. The number of para-hydroxylation sites is 1. The molecule has 1 aromatic heterocycles. The van der Waals surface area contributed by atoms with E-state index in [1.165, 1.54) is 0 Å². The van der Waals surface area contributed by atoms with Crippen LogP contribution in [0.5, 0.6) is 0 Å². The van der Waals surface area contributed by atoms with Crippen LogP contribution >= 0.6 is 0 Å². The number of hydrogen-bond acceptors (Lipinski definition) is 3. The second-order valence-electron chi connectivity index (χ2n) is 5.24. The number of carboxylic acid groups (broad SMARTS) is 1. The number of aromatic carboxylic acids is 1. The van der Waals surface area contributed by atoms with Crippen LogP contribution in [0, 0.1) is 12.8 Å². The van der Waals surface area contributed by atoms with Crippen molar-refractivity contribution < 1.29 is 15.0 Å². The van der Waals surface area contributed by atoms with E-state index >= 15 is 0 Å². The third-order valence-electron chi connectivity index (χ3n) is 3.85.